The van der Waals surface area contributed by atoms with Crippen LogP contribution in [0.4, 0.5) is 0 Å². The molecule has 2 aliphatic heterocycles. The van der Waals surface area contributed by atoms with Crippen molar-refractivity contribution in [1.82, 2.24) is 19.8 Å². The fourth-order valence-electron chi connectivity index (χ4n) is 6.14. The van der Waals surface area contributed by atoms with E-state index in [1.54, 1.807) is 48.5 Å². The second-order valence-electron chi connectivity index (χ2n) is 13.7. The normalized spacial score (nSPS) is 22.0. The second-order valence-corrected chi connectivity index (χ2v) is 13.7. The zero-order valence-corrected chi connectivity index (χ0v) is 29.1. The van der Waals surface area contributed by atoms with Crippen LogP contribution >= 0.6 is 0 Å². The molecule has 8 nitrogen and oxygen atoms in total. The molecule has 2 aromatic heterocycles. The number of aromatic nitrogens is 2. The molecule has 2 amide bonds. The Hall–Kier alpha value is -5.28. The van der Waals surface area contributed by atoms with Crippen molar-refractivity contribution in [3.63, 3.8) is 0 Å². The summed E-state index contributed by atoms with van der Waals surface area (Å²) in [6.07, 6.45) is 4.18. The van der Waals surface area contributed by atoms with Gasteiger partial charge in [0, 0.05) is 79.8 Å². The Kier molecular flexibility index (Phi) is 9.78. The number of methoxy groups -OCH3 is 1. The molecule has 49 heavy (non-hydrogen) atoms. The lowest BCUT2D eigenvalue weighted by Crippen LogP contribution is -2.40. The molecule has 2 unspecified atom stereocenters. The van der Waals surface area contributed by atoms with E-state index < -0.39 is 16.7 Å². The molecule has 250 valence electrons. The van der Waals surface area contributed by atoms with Crippen molar-refractivity contribution in [2.75, 3.05) is 21.2 Å². The number of rotatable bonds is 3. The van der Waals surface area contributed by atoms with Gasteiger partial charge in [-0.05, 0) is 76.2 Å². The summed E-state index contributed by atoms with van der Waals surface area (Å²) in [5, 5.41) is 10.8. The first-order valence-corrected chi connectivity index (χ1v) is 16.1. The number of benzene rings is 2. The fraction of sp³-hybridized carbons (Fsp3) is 0.317. The van der Waals surface area contributed by atoms with Crippen LogP contribution in [0.25, 0.3) is 0 Å². The average Bonchev–Trinajstić information content (AvgIpc) is 3.40. The average molecular weight is 655 g/mol. The SMILES string of the molecule is CN1C(=O)C(O)(c2ccc(C#Cc3ccccc3)cn2)CC1(C)C.COC1(c2ccc(C#Cc3ccccc3)cn2)CC(C)(C)N(C)C1=O. The number of carbonyl (C=O) groups excluding carboxylic acids is 2. The van der Waals surface area contributed by atoms with E-state index in [2.05, 4.69) is 33.6 Å². The van der Waals surface area contributed by atoms with E-state index in [-0.39, 0.29) is 17.4 Å². The van der Waals surface area contributed by atoms with Crippen molar-refractivity contribution in [2.45, 2.75) is 62.8 Å². The first-order chi connectivity index (χ1) is 23.2. The third-order valence-corrected chi connectivity index (χ3v) is 9.46. The summed E-state index contributed by atoms with van der Waals surface area (Å²) in [5.41, 5.74) is 1.15. The van der Waals surface area contributed by atoms with Gasteiger partial charge in [-0.2, -0.15) is 0 Å². The Morgan fingerprint density at radius 3 is 1.41 bits per heavy atom. The van der Waals surface area contributed by atoms with E-state index >= 15 is 0 Å². The number of hydrogen-bond donors (Lipinski definition) is 1. The lowest BCUT2D eigenvalue weighted by Gasteiger charge is -2.26. The Morgan fingerprint density at radius 1 is 0.612 bits per heavy atom. The summed E-state index contributed by atoms with van der Waals surface area (Å²) in [6, 6.07) is 26.7. The van der Waals surface area contributed by atoms with Gasteiger partial charge in [0.2, 0.25) is 0 Å². The molecule has 2 saturated heterocycles. The summed E-state index contributed by atoms with van der Waals surface area (Å²) in [6.45, 7) is 7.93. The van der Waals surface area contributed by atoms with Gasteiger partial charge in [-0.3, -0.25) is 19.6 Å². The van der Waals surface area contributed by atoms with Crippen LogP contribution in [0.1, 0.15) is 74.2 Å². The fourth-order valence-corrected chi connectivity index (χ4v) is 6.14. The minimum absolute atomic E-state index is 0.0596. The highest BCUT2D eigenvalue weighted by atomic mass is 16.5. The van der Waals surface area contributed by atoms with Gasteiger partial charge < -0.3 is 19.6 Å². The van der Waals surface area contributed by atoms with Gasteiger partial charge in [0.1, 0.15) is 0 Å². The first-order valence-electron chi connectivity index (χ1n) is 16.1. The van der Waals surface area contributed by atoms with Crippen molar-refractivity contribution < 1.29 is 19.4 Å². The summed E-state index contributed by atoms with van der Waals surface area (Å²) in [4.78, 5) is 37.4. The third-order valence-electron chi connectivity index (χ3n) is 9.46. The van der Waals surface area contributed by atoms with E-state index in [4.69, 9.17) is 4.74 Å². The lowest BCUT2D eigenvalue weighted by atomic mass is 9.89. The minimum atomic E-state index is -1.57. The van der Waals surface area contributed by atoms with Crippen molar-refractivity contribution in [2.24, 2.45) is 0 Å². The highest BCUT2D eigenvalue weighted by molar-refractivity contribution is 5.89. The summed E-state index contributed by atoms with van der Waals surface area (Å²) in [7, 11) is 5.08. The molecule has 2 aliphatic rings. The molecule has 4 heterocycles. The predicted molar refractivity (Wildman–Crippen MR) is 189 cm³/mol. The monoisotopic (exact) mass is 654 g/mol. The highest BCUT2D eigenvalue weighted by Crippen LogP contribution is 2.44. The van der Waals surface area contributed by atoms with Gasteiger partial charge in [-0.1, -0.05) is 60.1 Å². The number of amides is 2. The van der Waals surface area contributed by atoms with Crippen LogP contribution in [-0.4, -0.2) is 69.0 Å². The maximum atomic E-state index is 12.8. The molecule has 2 atom stereocenters. The summed E-state index contributed by atoms with van der Waals surface area (Å²) >= 11 is 0. The molecule has 0 spiro atoms. The molecule has 6 rings (SSSR count). The van der Waals surface area contributed by atoms with Crippen LogP contribution in [0.5, 0.6) is 0 Å². The number of carbonyl (C=O) groups is 2. The largest absolute Gasteiger partial charge is 0.374 e. The molecule has 2 fully saturated rings. The van der Waals surface area contributed by atoms with Crippen LogP contribution in [0.3, 0.4) is 0 Å². The van der Waals surface area contributed by atoms with Crippen LogP contribution < -0.4 is 0 Å². The van der Waals surface area contributed by atoms with Gasteiger partial charge in [0.15, 0.2) is 11.2 Å². The van der Waals surface area contributed by atoms with Crippen molar-refractivity contribution in [3.8, 4) is 23.7 Å². The number of ether oxygens (including phenoxy) is 1. The Balaban J connectivity index is 0.000000191. The minimum Gasteiger partial charge on any atom is -0.374 e. The zero-order chi connectivity index (χ0) is 35.5. The summed E-state index contributed by atoms with van der Waals surface area (Å²) in [5.74, 6) is 11.9. The number of likely N-dealkylation sites (tertiary alicyclic amines) is 2. The van der Waals surface area contributed by atoms with Crippen molar-refractivity contribution >= 4 is 11.8 Å². The van der Waals surface area contributed by atoms with E-state index in [0.717, 1.165) is 22.3 Å². The number of hydrogen-bond acceptors (Lipinski definition) is 6. The van der Waals surface area contributed by atoms with E-state index in [1.165, 1.54) is 0 Å². The number of nitrogens with zero attached hydrogens (tertiary/aromatic N) is 4. The van der Waals surface area contributed by atoms with Gasteiger partial charge in [-0.25, -0.2) is 0 Å². The molecule has 0 bridgehead atoms. The molecule has 8 heteroatoms. The van der Waals surface area contributed by atoms with Crippen LogP contribution in [0.2, 0.25) is 0 Å². The number of likely N-dealkylation sites (N-methyl/N-ethyl adjacent to an activating group) is 2. The molecule has 0 aliphatic carbocycles. The highest BCUT2D eigenvalue weighted by Gasteiger charge is 2.57. The Bertz CT molecular complexity index is 1940. The molecule has 4 aromatic rings. The zero-order valence-electron chi connectivity index (χ0n) is 29.1. The van der Waals surface area contributed by atoms with Gasteiger partial charge in [-0.15, -0.1) is 0 Å². The third kappa shape index (κ3) is 7.12. The molecule has 0 radical (unpaired) electrons. The number of pyridine rings is 2. The van der Waals surface area contributed by atoms with Gasteiger partial charge >= 0.3 is 0 Å². The molecular formula is C41H42N4O4. The van der Waals surface area contributed by atoms with Crippen molar-refractivity contribution in [3.05, 3.63) is 131 Å². The standard InChI is InChI=1S/C21H22N2O2.C20H20N2O2/c1-20(2)15-21(25-4,19(24)23(20)3)18-13-12-17(14-22-18)11-10-16-8-6-5-7-9-16;1-19(2)14-20(24,18(23)22(19)3)17-12-11-16(13-21-17)10-9-15-7-5-4-6-8-15/h5-9,12-14H,15H2,1-4H3;4-8,11-13,24H,14H2,1-3H3. The van der Waals surface area contributed by atoms with Crippen LogP contribution in [-0.2, 0) is 25.5 Å². The predicted octanol–water partition coefficient (Wildman–Crippen LogP) is 5.27. The van der Waals surface area contributed by atoms with E-state index in [1.807, 2.05) is 108 Å². The molecular weight excluding hydrogens is 612 g/mol. The topological polar surface area (TPSA) is 95.9 Å². The first kappa shape index (κ1) is 35.0. The van der Waals surface area contributed by atoms with E-state index in [9.17, 15) is 14.7 Å². The Labute approximate surface area is 289 Å². The summed E-state index contributed by atoms with van der Waals surface area (Å²) < 4.78 is 5.68. The van der Waals surface area contributed by atoms with E-state index in [0.29, 0.717) is 24.2 Å². The lowest BCUT2D eigenvalue weighted by molar-refractivity contribution is -0.147. The smallest absolute Gasteiger partial charge is 0.261 e. The molecule has 0 saturated carbocycles. The Morgan fingerprint density at radius 2 is 1.04 bits per heavy atom. The molecule has 2 aromatic carbocycles. The van der Waals surface area contributed by atoms with Gasteiger partial charge in [0.25, 0.3) is 11.8 Å². The maximum Gasteiger partial charge on any atom is 0.261 e. The van der Waals surface area contributed by atoms with Crippen LogP contribution in [0, 0.1) is 23.7 Å². The molecule has 1 N–H and O–H groups in total. The van der Waals surface area contributed by atoms with Crippen LogP contribution in [0.15, 0.2) is 97.3 Å². The number of aliphatic hydroxyl groups is 1. The quantitative estimate of drug-likeness (QED) is 0.303. The van der Waals surface area contributed by atoms with Crippen molar-refractivity contribution in [1.29, 1.82) is 0 Å². The van der Waals surface area contributed by atoms with Gasteiger partial charge in [0.05, 0.1) is 11.4 Å². The second kappa shape index (κ2) is 13.7. The maximum absolute atomic E-state index is 12.8.